The average molecular weight is 228 g/mol. The molecular weight excluding hydrogens is 212 g/mol. The first-order chi connectivity index (χ1) is 8.33. The van der Waals surface area contributed by atoms with Crippen molar-refractivity contribution in [1.29, 1.82) is 0 Å². The van der Waals surface area contributed by atoms with Crippen molar-refractivity contribution in [3.8, 4) is 11.4 Å². The van der Waals surface area contributed by atoms with E-state index in [2.05, 4.69) is 20.3 Å². The normalized spacial score (nSPS) is 15.1. The second-order valence-electron chi connectivity index (χ2n) is 4.53. The SMILES string of the molecule is Cc1[nH]c(CNC2CC2)nc1-c1ccccn1. The molecule has 1 saturated carbocycles. The minimum atomic E-state index is 0.707. The summed E-state index contributed by atoms with van der Waals surface area (Å²) in [5, 5.41) is 3.45. The van der Waals surface area contributed by atoms with Gasteiger partial charge < -0.3 is 10.3 Å². The molecule has 3 rings (SSSR count). The van der Waals surface area contributed by atoms with E-state index in [1.54, 1.807) is 6.20 Å². The van der Waals surface area contributed by atoms with Crippen molar-refractivity contribution in [1.82, 2.24) is 20.3 Å². The summed E-state index contributed by atoms with van der Waals surface area (Å²) >= 11 is 0. The van der Waals surface area contributed by atoms with E-state index in [1.807, 2.05) is 25.1 Å². The predicted molar refractivity (Wildman–Crippen MR) is 66.4 cm³/mol. The van der Waals surface area contributed by atoms with E-state index in [0.29, 0.717) is 6.04 Å². The molecule has 2 aromatic rings. The maximum Gasteiger partial charge on any atom is 0.121 e. The standard InChI is InChI=1S/C13H16N4/c1-9-13(11-4-2-3-7-14-11)17-12(16-9)8-15-10-5-6-10/h2-4,7,10,15H,5-6,8H2,1H3,(H,16,17). The molecule has 88 valence electrons. The van der Waals surface area contributed by atoms with Crippen molar-refractivity contribution in [2.45, 2.75) is 32.4 Å². The number of nitrogens with one attached hydrogen (secondary N) is 2. The summed E-state index contributed by atoms with van der Waals surface area (Å²) in [6, 6.07) is 6.60. The Morgan fingerprint density at radius 3 is 3.00 bits per heavy atom. The Balaban J connectivity index is 1.80. The number of nitrogens with zero attached hydrogens (tertiary/aromatic N) is 2. The number of H-pyrrole nitrogens is 1. The zero-order chi connectivity index (χ0) is 11.7. The van der Waals surface area contributed by atoms with E-state index in [4.69, 9.17) is 0 Å². The second-order valence-corrected chi connectivity index (χ2v) is 4.53. The van der Waals surface area contributed by atoms with Crippen LogP contribution in [0.2, 0.25) is 0 Å². The smallest absolute Gasteiger partial charge is 0.121 e. The number of hydrogen-bond donors (Lipinski definition) is 2. The molecule has 17 heavy (non-hydrogen) atoms. The summed E-state index contributed by atoms with van der Waals surface area (Å²) in [5.74, 6) is 0.995. The van der Waals surface area contributed by atoms with Gasteiger partial charge in [-0.05, 0) is 31.9 Å². The summed E-state index contributed by atoms with van der Waals surface area (Å²) in [4.78, 5) is 12.2. The van der Waals surface area contributed by atoms with E-state index in [-0.39, 0.29) is 0 Å². The fraction of sp³-hybridized carbons (Fsp3) is 0.385. The van der Waals surface area contributed by atoms with Gasteiger partial charge in [-0.1, -0.05) is 6.07 Å². The number of pyridine rings is 1. The largest absolute Gasteiger partial charge is 0.344 e. The van der Waals surface area contributed by atoms with Crippen LogP contribution in [0, 0.1) is 6.92 Å². The minimum absolute atomic E-state index is 0.707. The topological polar surface area (TPSA) is 53.6 Å². The number of aryl methyl sites for hydroxylation is 1. The van der Waals surface area contributed by atoms with Gasteiger partial charge in [0.2, 0.25) is 0 Å². The molecule has 0 atom stereocenters. The number of aromatic nitrogens is 3. The van der Waals surface area contributed by atoms with E-state index in [0.717, 1.165) is 29.5 Å². The van der Waals surface area contributed by atoms with Crippen molar-refractivity contribution in [3.05, 3.63) is 35.9 Å². The van der Waals surface area contributed by atoms with Gasteiger partial charge in [0.1, 0.15) is 11.5 Å². The van der Waals surface area contributed by atoms with Gasteiger partial charge in [0, 0.05) is 17.9 Å². The van der Waals surface area contributed by atoms with Crippen molar-refractivity contribution in [2.24, 2.45) is 0 Å². The number of aromatic amines is 1. The van der Waals surface area contributed by atoms with Crippen LogP contribution in [0.15, 0.2) is 24.4 Å². The van der Waals surface area contributed by atoms with Gasteiger partial charge >= 0.3 is 0 Å². The molecule has 4 nitrogen and oxygen atoms in total. The Hall–Kier alpha value is -1.68. The van der Waals surface area contributed by atoms with Crippen LogP contribution >= 0.6 is 0 Å². The molecule has 2 heterocycles. The first-order valence-electron chi connectivity index (χ1n) is 6.03. The van der Waals surface area contributed by atoms with Crippen molar-refractivity contribution in [3.63, 3.8) is 0 Å². The molecule has 0 unspecified atom stereocenters. The number of imidazole rings is 1. The molecule has 0 aliphatic heterocycles. The van der Waals surface area contributed by atoms with Crippen LogP contribution in [0.4, 0.5) is 0 Å². The summed E-state index contributed by atoms with van der Waals surface area (Å²) in [7, 11) is 0. The molecule has 0 aromatic carbocycles. The third kappa shape index (κ3) is 2.36. The van der Waals surface area contributed by atoms with Gasteiger partial charge in [-0.2, -0.15) is 0 Å². The van der Waals surface area contributed by atoms with Crippen LogP contribution in [0.25, 0.3) is 11.4 Å². The highest BCUT2D eigenvalue weighted by atomic mass is 15.0. The first kappa shape index (κ1) is 10.5. The van der Waals surface area contributed by atoms with Gasteiger partial charge in [-0.15, -0.1) is 0 Å². The summed E-state index contributed by atoms with van der Waals surface area (Å²) in [6.45, 7) is 2.86. The van der Waals surface area contributed by atoms with Crippen molar-refractivity contribution in [2.75, 3.05) is 0 Å². The lowest BCUT2D eigenvalue weighted by Gasteiger charge is -1.97. The first-order valence-corrected chi connectivity index (χ1v) is 6.03. The molecule has 2 N–H and O–H groups in total. The maximum absolute atomic E-state index is 4.60. The lowest BCUT2D eigenvalue weighted by Crippen LogP contribution is -2.16. The zero-order valence-corrected chi connectivity index (χ0v) is 9.90. The molecule has 0 bridgehead atoms. The molecule has 1 aliphatic rings. The quantitative estimate of drug-likeness (QED) is 0.842. The zero-order valence-electron chi connectivity index (χ0n) is 9.90. The van der Waals surface area contributed by atoms with Crippen LogP contribution < -0.4 is 5.32 Å². The van der Waals surface area contributed by atoms with Crippen LogP contribution in [0.3, 0.4) is 0 Å². The van der Waals surface area contributed by atoms with E-state index < -0.39 is 0 Å². The summed E-state index contributed by atoms with van der Waals surface area (Å²) < 4.78 is 0. The fourth-order valence-corrected chi connectivity index (χ4v) is 1.89. The highest BCUT2D eigenvalue weighted by Gasteiger charge is 2.20. The molecule has 1 fully saturated rings. The van der Waals surface area contributed by atoms with Gasteiger partial charge in [0.25, 0.3) is 0 Å². The average Bonchev–Trinajstić information content (AvgIpc) is 3.11. The van der Waals surface area contributed by atoms with E-state index >= 15 is 0 Å². The molecule has 0 saturated heterocycles. The van der Waals surface area contributed by atoms with E-state index in [9.17, 15) is 0 Å². The Labute approximate surface area is 101 Å². The lowest BCUT2D eigenvalue weighted by molar-refractivity contribution is 0.663. The van der Waals surface area contributed by atoms with Gasteiger partial charge in [-0.3, -0.25) is 4.98 Å². The Morgan fingerprint density at radius 1 is 1.41 bits per heavy atom. The van der Waals surface area contributed by atoms with Crippen molar-refractivity contribution >= 4 is 0 Å². The Morgan fingerprint density at radius 2 is 2.29 bits per heavy atom. The third-order valence-electron chi connectivity index (χ3n) is 2.98. The highest BCUT2D eigenvalue weighted by Crippen LogP contribution is 2.21. The molecule has 4 heteroatoms. The van der Waals surface area contributed by atoms with E-state index in [1.165, 1.54) is 12.8 Å². The monoisotopic (exact) mass is 228 g/mol. The molecule has 0 radical (unpaired) electrons. The predicted octanol–water partition coefficient (Wildman–Crippen LogP) is 2.03. The molecule has 2 aromatic heterocycles. The van der Waals surface area contributed by atoms with Gasteiger partial charge in [0.05, 0.1) is 12.2 Å². The highest BCUT2D eigenvalue weighted by molar-refractivity contribution is 5.56. The van der Waals surface area contributed by atoms with Crippen LogP contribution in [0.5, 0.6) is 0 Å². The molecule has 0 amide bonds. The maximum atomic E-state index is 4.60. The van der Waals surface area contributed by atoms with Crippen LogP contribution in [-0.4, -0.2) is 21.0 Å². The summed E-state index contributed by atoms with van der Waals surface area (Å²) in [6.07, 6.45) is 4.39. The molecule has 1 aliphatic carbocycles. The second kappa shape index (κ2) is 4.30. The molecule has 0 spiro atoms. The Bertz CT molecular complexity index is 499. The Kier molecular flexibility index (Phi) is 2.65. The third-order valence-corrected chi connectivity index (χ3v) is 2.98. The summed E-state index contributed by atoms with van der Waals surface area (Å²) in [5.41, 5.74) is 2.97. The van der Waals surface area contributed by atoms with Gasteiger partial charge in [-0.25, -0.2) is 4.98 Å². The minimum Gasteiger partial charge on any atom is -0.344 e. The lowest BCUT2D eigenvalue weighted by atomic mass is 10.2. The number of hydrogen-bond acceptors (Lipinski definition) is 3. The van der Waals surface area contributed by atoms with Crippen molar-refractivity contribution < 1.29 is 0 Å². The number of rotatable bonds is 4. The van der Waals surface area contributed by atoms with Crippen LogP contribution in [0.1, 0.15) is 24.4 Å². The molecular formula is C13H16N4. The van der Waals surface area contributed by atoms with Gasteiger partial charge in [0.15, 0.2) is 0 Å². The van der Waals surface area contributed by atoms with Crippen LogP contribution in [-0.2, 0) is 6.54 Å². The fourth-order valence-electron chi connectivity index (χ4n) is 1.89.